The predicted molar refractivity (Wildman–Crippen MR) is 137 cm³/mol. The van der Waals surface area contributed by atoms with Crippen LogP contribution < -0.4 is 15.9 Å². The van der Waals surface area contributed by atoms with Crippen molar-refractivity contribution in [2.75, 3.05) is 0 Å². The Labute approximate surface area is 207 Å². The van der Waals surface area contributed by atoms with Gasteiger partial charge in [0.25, 0.3) is 0 Å². The Morgan fingerprint density at radius 3 is 1.49 bits per heavy atom. The van der Waals surface area contributed by atoms with Crippen LogP contribution >= 0.6 is 20.3 Å². The smallest absolute Gasteiger partial charge is 0.236 e. The van der Waals surface area contributed by atoms with Crippen molar-refractivity contribution in [1.82, 2.24) is 9.97 Å². The van der Waals surface area contributed by atoms with Crippen molar-refractivity contribution in [2.24, 2.45) is 0 Å². The molecule has 0 amide bonds. The van der Waals surface area contributed by atoms with E-state index in [-0.39, 0.29) is 23.3 Å². The van der Waals surface area contributed by atoms with E-state index in [2.05, 4.69) is 101 Å². The second-order valence-corrected chi connectivity index (χ2v) is 9.44. The molecule has 0 aliphatic heterocycles. The van der Waals surface area contributed by atoms with Crippen LogP contribution in [0.4, 0.5) is 17.6 Å². The Morgan fingerprint density at radius 1 is 0.600 bits per heavy atom. The van der Waals surface area contributed by atoms with Gasteiger partial charge < -0.3 is 0 Å². The van der Waals surface area contributed by atoms with Gasteiger partial charge in [0.2, 0.25) is 0 Å². The van der Waals surface area contributed by atoms with Crippen molar-refractivity contribution in [3.8, 4) is 0 Å². The van der Waals surface area contributed by atoms with Crippen LogP contribution in [0.25, 0.3) is 10.9 Å². The Balaban J connectivity index is 0.000000195. The number of halogens is 5. The molecule has 0 aliphatic carbocycles. The van der Waals surface area contributed by atoms with Crippen molar-refractivity contribution >= 4 is 47.1 Å². The predicted octanol–water partition coefficient (Wildman–Crippen LogP) is 6.65. The van der Waals surface area contributed by atoms with Gasteiger partial charge in [-0.3, -0.25) is 0 Å². The molecule has 4 aromatic carbocycles. The molecule has 1 heterocycles. The van der Waals surface area contributed by atoms with E-state index >= 15 is 0 Å². The van der Waals surface area contributed by atoms with E-state index in [4.69, 9.17) is 0 Å². The average molecular weight is 515 g/mol. The molecule has 0 saturated carbocycles. The Morgan fingerprint density at radius 2 is 1.06 bits per heavy atom. The van der Waals surface area contributed by atoms with Crippen LogP contribution in [-0.2, 0) is 6.18 Å². The topological polar surface area (TPSA) is 25.8 Å². The number of aromatic nitrogens is 2. The Hall–Kier alpha value is -3.34. The number of hydrogen-bond donors (Lipinski definition) is 0. The number of benzene rings is 4. The molecule has 2 nitrogen and oxygen atoms in total. The normalized spacial score (nSPS) is 10.9. The first-order chi connectivity index (χ1) is 16.4. The molecule has 0 saturated heterocycles. The Kier molecular flexibility index (Phi) is 8.91. The highest BCUT2D eigenvalue weighted by molar-refractivity contribution is 7.79. The lowest BCUT2D eigenvalue weighted by Crippen LogP contribution is -2.20. The van der Waals surface area contributed by atoms with E-state index in [1.165, 1.54) is 15.9 Å². The maximum absolute atomic E-state index is 12.7. The lowest BCUT2D eigenvalue weighted by molar-refractivity contribution is -0.139. The summed E-state index contributed by atoms with van der Waals surface area (Å²) in [6.45, 7) is 0. The lowest BCUT2D eigenvalue weighted by Gasteiger charge is -2.18. The van der Waals surface area contributed by atoms with Crippen LogP contribution in [0.15, 0.2) is 116 Å². The van der Waals surface area contributed by atoms with Gasteiger partial charge >= 0.3 is 6.18 Å². The van der Waals surface area contributed by atoms with Crippen molar-refractivity contribution in [3.05, 3.63) is 127 Å². The van der Waals surface area contributed by atoms with E-state index in [9.17, 15) is 17.6 Å². The highest BCUT2D eigenvalue weighted by Crippen LogP contribution is 2.33. The quantitative estimate of drug-likeness (QED) is 0.199. The van der Waals surface area contributed by atoms with Crippen LogP contribution in [0, 0.1) is 5.82 Å². The molecule has 5 aromatic rings. The molecule has 8 heteroatoms. The third-order valence-electron chi connectivity index (χ3n) is 4.91. The minimum Gasteiger partial charge on any atom is -0.236 e. The zero-order valence-corrected chi connectivity index (χ0v) is 19.9. The fourth-order valence-electron chi connectivity index (χ4n) is 3.43. The summed E-state index contributed by atoms with van der Waals surface area (Å²) in [6.07, 6.45) is -3.79. The molecule has 0 spiro atoms. The zero-order chi connectivity index (χ0) is 24.0. The molecular formula is C27H20ClF4N2P. The van der Waals surface area contributed by atoms with Gasteiger partial charge in [0.1, 0.15) is 12.1 Å². The molecule has 1 aromatic heterocycles. The van der Waals surface area contributed by atoms with Crippen molar-refractivity contribution in [2.45, 2.75) is 6.18 Å². The molecule has 0 unspecified atom stereocenters. The van der Waals surface area contributed by atoms with Gasteiger partial charge in [-0.1, -0.05) is 91.0 Å². The van der Waals surface area contributed by atoms with E-state index < -0.39 is 25.6 Å². The van der Waals surface area contributed by atoms with Crippen LogP contribution in [0.5, 0.6) is 0 Å². The fourth-order valence-corrected chi connectivity index (χ4v) is 5.74. The first-order valence-electron chi connectivity index (χ1n) is 10.4. The second kappa shape index (κ2) is 11.9. The summed E-state index contributed by atoms with van der Waals surface area (Å²) in [7, 11) is -0.446. The van der Waals surface area contributed by atoms with Crippen LogP contribution in [0.2, 0.25) is 0 Å². The molecule has 0 radical (unpaired) electrons. The highest BCUT2D eigenvalue weighted by atomic mass is 35.5. The largest absolute Gasteiger partial charge is 0.434 e. The number of nitrogens with zero attached hydrogens (tertiary/aromatic N) is 2. The highest BCUT2D eigenvalue weighted by Gasteiger charge is 2.34. The van der Waals surface area contributed by atoms with Crippen LogP contribution in [0.3, 0.4) is 0 Å². The van der Waals surface area contributed by atoms with Gasteiger partial charge in [0.15, 0.2) is 5.69 Å². The maximum Gasteiger partial charge on any atom is 0.434 e. The average Bonchev–Trinajstić information content (AvgIpc) is 2.85. The van der Waals surface area contributed by atoms with E-state index in [0.717, 1.165) is 24.5 Å². The third-order valence-corrected chi connectivity index (χ3v) is 7.35. The minimum absolute atomic E-state index is 0. The minimum atomic E-state index is -4.56. The fraction of sp³-hybridized carbons (Fsp3) is 0.0370. The molecule has 0 bridgehead atoms. The van der Waals surface area contributed by atoms with Gasteiger partial charge in [-0.05, 0) is 36.0 Å². The van der Waals surface area contributed by atoms with Gasteiger partial charge in [-0.25, -0.2) is 14.4 Å². The van der Waals surface area contributed by atoms with Gasteiger partial charge in [0, 0.05) is 11.5 Å². The standard InChI is InChI=1S/C18H15P.C9H4F4N2.ClH/c1-4-10-16(11-5-1)19(17-12-6-2-7-13-17)18-14-8-3-9-15-18;10-5-1-2-6-7(3-5)14-4-15-8(6)9(11,12)13;/h1-15H;1-4H;1H. The van der Waals surface area contributed by atoms with Crippen molar-refractivity contribution in [1.29, 1.82) is 0 Å². The SMILES string of the molecule is Cl.Fc1ccc2c(C(F)(F)F)ncnc2c1.c1ccc(P(c2ccccc2)c2ccccc2)cc1. The van der Waals surface area contributed by atoms with E-state index in [1.54, 1.807) is 0 Å². The molecule has 0 fully saturated rings. The number of fused-ring (bicyclic) bond motifs is 1. The van der Waals surface area contributed by atoms with Crippen LogP contribution in [-0.4, -0.2) is 9.97 Å². The molecule has 5 rings (SSSR count). The Bertz CT molecular complexity index is 1260. The first kappa shape index (κ1) is 26.3. The van der Waals surface area contributed by atoms with Gasteiger partial charge in [0.05, 0.1) is 5.52 Å². The summed E-state index contributed by atoms with van der Waals surface area (Å²) in [4.78, 5) is 6.71. The molecule has 0 atom stereocenters. The number of alkyl halides is 3. The molecular weight excluding hydrogens is 495 g/mol. The summed E-state index contributed by atoms with van der Waals surface area (Å²) >= 11 is 0. The summed E-state index contributed by atoms with van der Waals surface area (Å²) in [5.74, 6) is -0.630. The number of rotatable bonds is 3. The lowest BCUT2D eigenvalue weighted by atomic mass is 10.2. The number of hydrogen-bond acceptors (Lipinski definition) is 2. The maximum atomic E-state index is 12.7. The molecule has 0 aliphatic rings. The van der Waals surface area contributed by atoms with Crippen molar-refractivity contribution in [3.63, 3.8) is 0 Å². The first-order valence-corrected chi connectivity index (χ1v) is 11.7. The molecule has 178 valence electrons. The summed E-state index contributed by atoms with van der Waals surface area (Å²) in [5, 5.41) is 3.99. The van der Waals surface area contributed by atoms with Gasteiger partial charge in [-0.15, -0.1) is 12.4 Å². The van der Waals surface area contributed by atoms with Crippen LogP contribution in [0.1, 0.15) is 5.69 Å². The van der Waals surface area contributed by atoms with E-state index in [1.807, 2.05) is 0 Å². The van der Waals surface area contributed by atoms with Gasteiger partial charge in [-0.2, -0.15) is 13.2 Å². The summed E-state index contributed by atoms with van der Waals surface area (Å²) < 4.78 is 50.0. The van der Waals surface area contributed by atoms with E-state index in [0.29, 0.717) is 0 Å². The zero-order valence-electron chi connectivity index (χ0n) is 18.2. The third kappa shape index (κ3) is 6.62. The molecule has 0 N–H and O–H groups in total. The second-order valence-electron chi connectivity index (χ2n) is 7.22. The molecule has 35 heavy (non-hydrogen) atoms. The summed E-state index contributed by atoms with van der Waals surface area (Å²) in [6, 6.07) is 35.2. The monoisotopic (exact) mass is 514 g/mol. The van der Waals surface area contributed by atoms with Crippen molar-refractivity contribution < 1.29 is 17.6 Å². The summed E-state index contributed by atoms with van der Waals surface area (Å²) in [5.41, 5.74) is -1.11.